The number of nitrogens with zero attached hydrogens (tertiary/aromatic N) is 1. The normalized spacial score (nSPS) is 10.1. The Morgan fingerprint density at radius 1 is 1.07 bits per heavy atom. The van der Waals surface area contributed by atoms with Gasteiger partial charge in [0, 0.05) is 17.7 Å². The smallest absolute Gasteiger partial charge is 0.264 e. The molecule has 1 aromatic heterocycles. The number of hydrogen-bond acceptors (Lipinski definition) is 4. The fourth-order valence-electron chi connectivity index (χ4n) is 1.25. The third-order valence-corrected chi connectivity index (χ3v) is 1.88. The van der Waals surface area contributed by atoms with E-state index in [1.54, 1.807) is 0 Å². The number of aromatic amines is 1. The number of hydrogen-bond donors (Lipinski definition) is 3. The molecule has 0 atom stereocenters. The molecule has 76 valence electrons. The van der Waals surface area contributed by atoms with Crippen molar-refractivity contribution < 1.29 is 10.2 Å². The first-order chi connectivity index (χ1) is 7.15. The highest BCUT2D eigenvalue weighted by Gasteiger charge is 2.03. The molecule has 1 heterocycles. The number of aromatic nitrogens is 2. The van der Waals surface area contributed by atoms with Gasteiger partial charge in [0.2, 0.25) is 0 Å². The zero-order valence-electron chi connectivity index (χ0n) is 7.64. The molecule has 0 aliphatic rings. The Hall–Kier alpha value is -2.30. The van der Waals surface area contributed by atoms with E-state index >= 15 is 0 Å². The van der Waals surface area contributed by atoms with Gasteiger partial charge in [-0.2, -0.15) is 5.10 Å². The van der Waals surface area contributed by atoms with Gasteiger partial charge in [-0.3, -0.25) is 4.79 Å². The minimum atomic E-state index is -0.303. The highest BCUT2D eigenvalue weighted by atomic mass is 16.3. The zero-order valence-corrected chi connectivity index (χ0v) is 7.64. The molecule has 0 bridgehead atoms. The van der Waals surface area contributed by atoms with Gasteiger partial charge in [0.25, 0.3) is 5.56 Å². The Bertz CT molecular complexity index is 508. The Labute approximate surface area is 84.6 Å². The van der Waals surface area contributed by atoms with E-state index < -0.39 is 0 Å². The third kappa shape index (κ3) is 1.96. The van der Waals surface area contributed by atoms with E-state index in [-0.39, 0.29) is 17.1 Å². The summed E-state index contributed by atoms with van der Waals surface area (Å²) >= 11 is 0. The van der Waals surface area contributed by atoms with Crippen LogP contribution in [0, 0.1) is 0 Å². The Morgan fingerprint density at radius 3 is 2.27 bits per heavy atom. The predicted octanol–water partition coefficient (Wildman–Crippen LogP) is 0.848. The number of H-pyrrole nitrogens is 1. The van der Waals surface area contributed by atoms with Crippen molar-refractivity contribution in [2.45, 2.75) is 0 Å². The fraction of sp³-hybridized carbons (Fsp3) is 0. The van der Waals surface area contributed by atoms with E-state index in [0.29, 0.717) is 11.3 Å². The van der Waals surface area contributed by atoms with E-state index in [1.807, 2.05) is 0 Å². The summed E-state index contributed by atoms with van der Waals surface area (Å²) in [5.74, 6) is -0.115. The first-order valence-corrected chi connectivity index (χ1v) is 4.24. The molecule has 15 heavy (non-hydrogen) atoms. The molecule has 1 aromatic carbocycles. The van der Waals surface area contributed by atoms with Crippen molar-refractivity contribution in [1.82, 2.24) is 10.2 Å². The molecule has 5 heteroatoms. The zero-order chi connectivity index (χ0) is 10.8. The second kappa shape index (κ2) is 3.45. The van der Waals surface area contributed by atoms with Gasteiger partial charge in [0.1, 0.15) is 11.5 Å². The van der Waals surface area contributed by atoms with Gasteiger partial charge in [-0.15, -0.1) is 0 Å². The molecule has 0 saturated carbocycles. The summed E-state index contributed by atoms with van der Waals surface area (Å²) in [6.07, 6.45) is 0. The molecular weight excluding hydrogens is 196 g/mol. The standard InChI is InChI=1S/C10H8N2O3/c13-7-3-6(4-8(14)5-7)9-1-2-10(15)12-11-9/h1-5,13-14H,(H,12,15). The van der Waals surface area contributed by atoms with Crippen LogP contribution in [0.5, 0.6) is 11.5 Å². The molecule has 0 aliphatic carbocycles. The molecule has 0 saturated heterocycles. The van der Waals surface area contributed by atoms with Crippen molar-refractivity contribution in [1.29, 1.82) is 0 Å². The summed E-state index contributed by atoms with van der Waals surface area (Å²) in [7, 11) is 0. The van der Waals surface area contributed by atoms with E-state index in [2.05, 4.69) is 10.2 Å². The molecule has 2 aromatic rings. The summed E-state index contributed by atoms with van der Waals surface area (Å²) in [5, 5.41) is 24.5. The van der Waals surface area contributed by atoms with Gasteiger partial charge in [0.05, 0.1) is 5.69 Å². The number of phenolic OH excluding ortho intramolecular Hbond substituents is 2. The molecular formula is C10H8N2O3. The molecule has 0 unspecified atom stereocenters. The van der Waals surface area contributed by atoms with Gasteiger partial charge in [-0.25, -0.2) is 5.10 Å². The highest BCUT2D eigenvalue weighted by molar-refractivity contribution is 5.62. The average Bonchev–Trinajstić information content (AvgIpc) is 2.17. The fourth-order valence-corrected chi connectivity index (χ4v) is 1.25. The van der Waals surface area contributed by atoms with Crippen LogP contribution < -0.4 is 5.56 Å². The lowest BCUT2D eigenvalue weighted by Gasteiger charge is -2.01. The summed E-state index contributed by atoms with van der Waals surface area (Å²) in [4.78, 5) is 10.8. The van der Waals surface area contributed by atoms with Crippen molar-refractivity contribution in [2.75, 3.05) is 0 Å². The number of nitrogens with one attached hydrogen (secondary N) is 1. The molecule has 0 fully saturated rings. The Balaban J connectivity index is 2.53. The molecule has 2 rings (SSSR count). The van der Waals surface area contributed by atoms with Crippen LogP contribution in [0.2, 0.25) is 0 Å². The summed E-state index contributed by atoms with van der Waals surface area (Å²) in [6, 6.07) is 6.94. The van der Waals surface area contributed by atoms with Gasteiger partial charge >= 0.3 is 0 Å². The monoisotopic (exact) mass is 204 g/mol. The summed E-state index contributed by atoms with van der Waals surface area (Å²) < 4.78 is 0. The molecule has 0 spiro atoms. The predicted molar refractivity (Wildman–Crippen MR) is 53.6 cm³/mol. The van der Waals surface area contributed by atoms with E-state index in [4.69, 9.17) is 0 Å². The lowest BCUT2D eigenvalue weighted by atomic mass is 10.1. The van der Waals surface area contributed by atoms with Gasteiger partial charge in [-0.1, -0.05) is 0 Å². The quantitative estimate of drug-likeness (QED) is 0.642. The lowest BCUT2D eigenvalue weighted by molar-refractivity contribution is 0.451. The van der Waals surface area contributed by atoms with Crippen molar-refractivity contribution >= 4 is 0 Å². The van der Waals surface area contributed by atoms with Crippen LogP contribution in [0.25, 0.3) is 11.3 Å². The van der Waals surface area contributed by atoms with E-state index in [1.165, 1.54) is 30.3 Å². The molecule has 3 N–H and O–H groups in total. The van der Waals surface area contributed by atoms with Crippen LogP contribution in [0.15, 0.2) is 35.1 Å². The molecule has 0 radical (unpaired) electrons. The summed E-state index contributed by atoms with van der Waals surface area (Å²) in [5.41, 5.74) is 0.702. The lowest BCUT2D eigenvalue weighted by Crippen LogP contribution is -2.05. The van der Waals surface area contributed by atoms with Gasteiger partial charge < -0.3 is 10.2 Å². The van der Waals surface area contributed by atoms with Crippen LogP contribution in [0.3, 0.4) is 0 Å². The van der Waals surface area contributed by atoms with E-state index in [0.717, 1.165) is 0 Å². The maximum absolute atomic E-state index is 10.8. The molecule has 0 amide bonds. The van der Waals surface area contributed by atoms with Gasteiger partial charge in [-0.05, 0) is 18.2 Å². The van der Waals surface area contributed by atoms with Gasteiger partial charge in [0.15, 0.2) is 0 Å². The van der Waals surface area contributed by atoms with Crippen LogP contribution >= 0.6 is 0 Å². The number of aromatic hydroxyl groups is 2. The van der Waals surface area contributed by atoms with Crippen LogP contribution in [0.4, 0.5) is 0 Å². The minimum absolute atomic E-state index is 0.0574. The molecule has 0 aliphatic heterocycles. The van der Waals surface area contributed by atoms with Crippen LogP contribution in [0.1, 0.15) is 0 Å². The average molecular weight is 204 g/mol. The second-order valence-electron chi connectivity index (χ2n) is 3.04. The second-order valence-corrected chi connectivity index (χ2v) is 3.04. The van der Waals surface area contributed by atoms with Crippen LogP contribution in [-0.4, -0.2) is 20.4 Å². The summed E-state index contributed by atoms with van der Waals surface area (Å²) in [6.45, 7) is 0. The molecule has 5 nitrogen and oxygen atoms in total. The maximum atomic E-state index is 10.8. The largest absolute Gasteiger partial charge is 0.508 e. The van der Waals surface area contributed by atoms with Crippen molar-refractivity contribution in [3.63, 3.8) is 0 Å². The third-order valence-electron chi connectivity index (χ3n) is 1.88. The van der Waals surface area contributed by atoms with Crippen molar-refractivity contribution in [3.8, 4) is 22.8 Å². The van der Waals surface area contributed by atoms with E-state index in [9.17, 15) is 15.0 Å². The van der Waals surface area contributed by atoms with Crippen molar-refractivity contribution in [2.24, 2.45) is 0 Å². The number of phenols is 2. The SMILES string of the molecule is O=c1ccc(-c2cc(O)cc(O)c2)n[nH]1. The van der Waals surface area contributed by atoms with Crippen molar-refractivity contribution in [3.05, 3.63) is 40.7 Å². The topological polar surface area (TPSA) is 86.2 Å². The Morgan fingerprint density at radius 2 is 1.73 bits per heavy atom. The maximum Gasteiger partial charge on any atom is 0.264 e. The Kier molecular flexibility index (Phi) is 2.13. The minimum Gasteiger partial charge on any atom is -0.508 e. The number of rotatable bonds is 1. The number of benzene rings is 1. The van der Waals surface area contributed by atoms with Crippen LogP contribution in [-0.2, 0) is 0 Å². The first kappa shape index (κ1) is 9.26. The highest BCUT2D eigenvalue weighted by Crippen LogP contribution is 2.26. The first-order valence-electron chi connectivity index (χ1n) is 4.24.